The van der Waals surface area contributed by atoms with Gasteiger partial charge in [-0.3, -0.25) is 0 Å². The third-order valence-electron chi connectivity index (χ3n) is 2.56. The molecule has 0 fully saturated rings. The van der Waals surface area contributed by atoms with Gasteiger partial charge in [0.1, 0.15) is 6.04 Å². The van der Waals surface area contributed by atoms with Gasteiger partial charge in [0, 0.05) is 7.11 Å². The van der Waals surface area contributed by atoms with Crippen LogP contribution in [0.25, 0.3) is 0 Å². The molecule has 0 bridgehead atoms. The maximum absolute atomic E-state index is 11.5. The van der Waals surface area contributed by atoms with Gasteiger partial charge in [-0.25, -0.2) is 9.59 Å². The van der Waals surface area contributed by atoms with Crippen LogP contribution < -0.4 is 10.6 Å². The van der Waals surface area contributed by atoms with Crippen molar-refractivity contribution in [1.82, 2.24) is 10.6 Å². The van der Waals surface area contributed by atoms with Gasteiger partial charge >= 0.3 is 12.0 Å². The maximum Gasteiger partial charge on any atom is 0.326 e. The van der Waals surface area contributed by atoms with Gasteiger partial charge in [-0.15, -0.1) is 0 Å². The zero-order chi connectivity index (χ0) is 13.4. The molecule has 0 aliphatic carbocycles. The molecule has 6 nitrogen and oxygen atoms in total. The highest BCUT2D eigenvalue weighted by Crippen LogP contribution is 2.07. The molecule has 2 unspecified atom stereocenters. The van der Waals surface area contributed by atoms with Crippen molar-refractivity contribution in [3.05, 3.63) is 0 Å². The summed E-state index contributed by atoms with van der Waals surface area (Å²) in [6.45, 7) is 5.84. The molecule has 0 heterocycles. The molecular formula is C11H22N2O4. The van der Waals surface area contributed by atoms with Gasteiger partial charge in [0.25, 0.3) is 0 Å². The molecule has 2 amide bonds. The van der Waals surface area contributed by atoms with E-state index in [4.69, 9.17) is 9.84 Å². The van der Waals surface area contributed by atoms with Crippen LogP contribution in [0, 0.1) is 5.92 Å². The molecule has 17 heavy (non-hydrogen) atoms. The van der Waals surface area contributed by atoms with E-state index >= 15 is 0 Å². The van der Waals surface area contributed by atoms with Crippen LogP contribution in [-0.4, -0.2) is 42.9 Å². The van der Waals surface area contributed by atoms with E-state index in [9.17, 15) is 9.59 Å². The number of ether oxygens (including phenoxy) is 1. The lowest BCUT2D eigenvalue weighted by Gasteiger charge is -2.21. The summed E-state index contributed by atoms with van der Waals surface area (Å²) in [5.74, 6) is -1.13. The van der Waals surface area contributed by atoms with Crippen molar-refractivity contribution in [3.8, 4) is 0 Å². The summed E-state index contributed by atoms with van der Waals surface area (Å²) in [5, 5.41) is 14.1. The summed E-state index contributed by atoms with van der Waals surface area (Å²) >= 11 is 0. The minimum absolute atomic E-state index is 0.115. The Kier molecular flexibility index (Phi) is 7.29. The number of hydrogen-bond acceptors (Lipinski definition) is 3. The smallest absolute Gasteiger partial charge is 0.326 e. The molecule has 0 aromatic rings. The average Bonchev–Trinajstić information content (AvgIpc) is 2.24. The Labute approximate surface area is 102 Å². The molecule has 0 aromatic heterocycles. The van der Waals surface area contributed by atoms with Crippen LogP contribution in [0.2, 0.25) is 0 Å². The Morgan fingerprint density at radius 1 is 1.29 bits per heavy atom. The summed E-state index contributed by atoms with van der Waals surface area (Å²) < 4.78 is 4.87. The van der Waals surface area contributed by atoms with E-state index in [2.05, 4.69) is 10.6 Å². The molecule has 3 atom stereocenters. The average molecular weight is 246 g/mol. The van der Waals surface area contributed by atoms with E-state index in [1.807, 2.05) is 6.92 Å². The van der Waals surface area contributed by atoms with Gasteiger partial charge in [-0.05, 0) is 12.8 Å². The Hall–Kier alpha value is -1.30. The Morgan fingerprint density at radius 2 is 1.88 bits per heavy atom. The lowest BCUT2D eigenvalue weighted by molar-refractivity contribution is -0.140. The summed E-state index contributed by atoms with van der Waals surface area (Å²) in [6.07, 6.45) is 0.685. The fourth-order valence-corrected chi connectivity index (χ4v) is 1.38. The number of rotatable bonds is 7. The minimum Gasteiger partial charge on any atom is -0.480 e. The van der Waals surface area contributed by atoms with Crippen LogP contribution in [0.3, 0.4) is 0 Å². The lowest BCUT2D eigenvalue weighted by atomic mass is 9.99. The quantitative estimate of drug-likeness (QED) is 0.620. The predicted octanol–water partition coefficient (Wildman–Crippen LogP) is 0.820. The minimum atomic E-state index is -1.02. The first-order valence-corrected chi connectivity index (χ1v) is 5.71. The van der Waals surface area contributed by atoms with Gasteiger partial charge in [-0.2, -0.15) is 0 Å². The van der Waals surface area contributed by atoms with Crippen LogP contribution in [-0.2, 0) is 9.53 Å². The van der Waals surface area contributed by atoms with E-state index in [-0.39, 0.29) is 12.0 Å². The molecule has 100 valence electrons. The second-order valence-corrected chi connectivity index (χ2v) is 4.18. The van der Waals surface area contributed by atoms with Crippen molar-refractivity contribution < 1.29 is 19.4 Å². The molecule has 0 radical (unpaired) electrons. The fourth-order valence-electron chi connectivity index (χ4n) is 1.38. The molecule has 0 rings (SSSR count). The second kappa shape index (κ2) is 7.89. The second-order valence-electron chi connectivity index (χ2n) is 4.18. The van der Waals surface area contributed by atoms with Gasteiger partial charge in [0.05, 0.1) is 12.6 Å². The Balaban J connectivity index is 4.27. The highest BCUT2D eigenvalue weighted by Gasteiger charge is 2.25. The van der Waals surface area contributed by atoms with Crippen molar-refractivity contribution >= 4 is 12.0 Å². The lowest BCUT2D eigenvalue weighted by Crippen LogP contribution is -2.51. The highest BCUT2D eigenvalue weighted by molar-refractivity contribution is 5.82. The van der Waals surface area contributed by atoms with Gasteiger partial charge in [0.15, 0.2) is 0 Å². The number of carbonyl (C=O) groups excluding carboxylic acids is 1. The predicted molar refractivity (Wildman–Crippen MR) is 63.9 cm³/mol. The Bertz CT molecular complexity index is 258. The summed E-state index contributed by atoms with van der Waals surface area (Å²) in [5.41, 5.74) is 0. The third kappa shape index (κ3) is 6.11. The van der Waals surface area contributed by atoms with Crippen LogP contribution >= 0.6 is 0 Å². The molecule has 0 aromatic carbocycles. The first-order valence-electron chi connectivity index (χ1n) is 5.71. The monoisotopic (exact) mass is 246 g/mol. The number of hydrogen-bond donors (Lipinski definition) is 3. The number of aliphatic carboxylic acids is 1. The molecule has 0 saturated carbocycles. The van der Waals surface area contributed by atoms with Crippen LogP contribution in [0.5, 0.6) is 0 Å². The van der Waals surface area contributed by atoms with E-state index in [1.165, 1.54) is 7.11 Å². The van der Waals surface area contributed by atoms with Gasteiger partial charge in [-0.1, -0.05) is 20.3 Å². The van der Waals surface area contributed by atoms with Crippen LogP contribution in [0.15, 0.2) is 0 Å². The number of nitrogens with one attached hydrogen (secondary N) is 2. The molecule has 0 saturated heterocycles. The molecule has 0 aliphatic rings. The standard InChI is InChI=1S/C11H22N2O4/c1-5-7(2)9(10(14)15)13-11(16)12-8(3)6-17-4/h7-9H,5-6H2,1-4H3,(H,14,15)(H2,12,13,16)/t7?,8?,9-/m0/s1. The number of amides is 2. The Morgan fingerprint density at radius 3 is 2.29 bits per heavy atom. The summed E-state index contributed by atoms with van der Waals surface area (Å²) in [4.78, 5) is 22.5. The SMILES string of the molecule is CCC(C)[C@H](NC(=O)NC(C)COC)C(=O)O. The van der Waals surface area contributed by atoms with E-state index < -0.39 is 18.0 Å². The molecule has 6 heteroatoms. The normalized spacial score (nSPS) is 15.8. The zero-order valence-electron chi connectivity index (χ0n) is 10.8. The molecular weight excluding hydrogens is 224 g/mol. The van der Waals surface area contributed by atoms with E-state index in [0.29, 0.717) is 13.0 Å². The van der Waals surface area contributed by atoms with Crippen molar-refractivity contribution in [2.75, 3.05) is 13.7 Å². The first kappa shape index (κ1) is 15.7. The number of methoxy groups -OCH3 is 1. The number of carboxylic acids is 1. The summed E-state index contributed by atoms with van der Waals surface area (Å²) in [6, 6.07) is -1.51. The highest BCUT2D eigenvalue weighted by atomic mass is 16.5. The summed E-state index contributed by atoms with van der Waals surface area (Å²) in [7, 11) is 1.54. The van der Waals surface area contributed by atoms with Crippen molar-refractivity contribution in [3.63, 3.8) is 0 Å². The van der Waals surface area contributed by atoms with Crippen LogP contribution in [0.4, 0.5) is 4.79 Å². The van der Waals surface area contributed by atoms with Crippen LogP contribution in [0.1, 0.15) is 27.2 Å². The van der Waals surface area contributed by atoms with E-state index in [1.54, 1.807) is 13.8 Å². The largest absolute Gasteiger partial charge is 0.480 e. The van der Waals surface area contributed by atoms with Crippen molar-refractivity contribution in [2.24, 2.45) is 5.92 Å². The van der Waals surface area contributed by atoms with E-state index in [0.717, 1.165) is 0 Å². The molecule has 3 N–H and O–H groups in total. The van der Waals surface area contributed by atoms with Gasteiger partial charge < -0.3 is 20.5 Å². The number of carboxylic acid groups (broad SMARTS) is 1. The maximum atomic E-state index is 11.5. The zero-order valence-corrected chi connectivity index (χ0v) is 10.8. The van der Waals surface area contributed by atoms with Crippen molar-refractivity contribution in [2.45, 2.75) is 39.3 Å². The van der Waals surface area contributed by atoms with Crippen molar-refractivity contribution in [1.29, 1.82) is 0 Å². The molecule has 0 spiro atoms. The fraction of sp³-hybridized carbons (Fsp3) is 0.818. The van der Waals surface area contributed by atoms with Gasteiger partial charge in [0.2, 0.25) is 0 Å². The number of urea groups is 1. The topological polar surface area (TPSA) is 87.7 Å². The first-order chi connectivity index (χ1) is 7.92. The molecule has 0 aliphatic heterocycles. The number of carbonyl (C=O) groups is 2. The third-order valence-corrected chi connectivity index (χ3v) is 2.56.